The Morgan fingerprint density at radius 1 is 0.461 bits per heavy atom. The summed E-state index contributed by atoms with van der Waals surface area (Å²) in [5.74, 6) is -4.43. The highest BCUT2D eigenvalue weighted by Gasteiger charge is 2.43. The number of para-hydroxylation sites is 3. The number of H-pyrrole nitrogens is 2. The number of rotatable bonds is 9. The standard InChI is InChI=1S/C21H16O7.C20H12N4O2.C20H18O4.C16H12O3.C15H9BrO2/c1-26-10-13(16-18(22)11-6-2-4-8-14(11)27-20(16)24)17-19(23)12-7-3-5-9-15(12)28-21(17)25;25-19-17-9-15-5-3-13(22-15)7-11-1-2-12(21-11)8-14-4-6-16(23-14)10-18(24-17)20(19)26;1-20(22-2)12-15(13-8-4-3-5-9-13)17-18(24-20)14-10-6-7-11-16(14)23-19(17)21;1-19-11-8-6-10(7-9-11)14-15(17)12-4-2-3-5-13(12)16(14)18;16-10-7-5-9(6-8-10)13-14(17)11-3-1-2-4-12(11)15(13)18/h2-9,13,22-23H,10H2,1H3;1-10,22-23H;3-11,15H,12H2,1-2H3;2-9,14H,1H3;1-8,13H. The number of nitrogens with zero attached hydrogens (tertiary/aromatic N) is 2. The van der Waals surface area contributed by atoms with Crippen LogP contribution >= 0.6 is 15.9 Å². The molecule has 115 heavy (non-hydrogen) atoms. The SMILES string of the molecule is COC1(C)CC(c2ccccc2)c2c(c3ccccc3oc2=O)O1.COCC(c1c(O)c2ccccc2oc1=O)c1c(O)c2ccccc2oc1=O.COc1ccc(C2C(=O)c3ccccc3C2=O)cc1.O=C1C(=O)c2cc3ccc(cc4nc(cc5ccc(cc1n2)[nH]5)C=C4)[nH]3.O=C1c2ccccc2C(=O)C1c1ccc(Br)cc1. The number of Topliss-reactive ketones (excluding diaryl/α,β-unsaturated/α-hetero) is 6. The second-order valence-corrected chi connectivity index (χ2v) is 28.3. The van der Waals surface area contributed by atoms with Gasteiger partial charge in [-0.2, -0.15) is 0 Å². The smallest absolute Gasteiger partial charge is 0.343 e. The summed E-state index contributed by atoms with van der Waals surface area (Å²) in [4.78, 5) is 127. The van der Waals surface area contributed by atoms with Crippen LogP contribution in [-0.4, -0.2) is 98.6 Å². The Morgan fingerprint density at radius 2 is 0.861 bits per heavy atom. The fourth-order valence-electron chi connectivity index (χ4n) is 14.5. The number of hydrogen-bond donors (Lipinski definition) is 4. The minimum Gasteiger partial charge on any atom is -0.507 e. The van der Waals surface area contributed by atoms with Crippen LogP contribution in [0.5, 0.6) is 23.0 Å². The normalized spacial score (nSPS) is 15.3. The molecule has 0 radical (unpaired) electrons. The number of ether oxygens (including phenoxy) is 4. The van der Waals surface area contributed by atoms with Crippen molar-refractivity contribution in [3.63, 3.8) is 0 Å². The Hall–Kier alpha value is -14.1. The lowest BCUT2D eigenvalue weighted by atomic mass is 9.83. The maximum Gasteiger partial charge on any atom is 0.343 e. The van der Waals surface area contributed by atoms with Crippen molar-refractivity contribution < 1.29 is 71.2 Å². The number of hydrogen-bond acceptors (Lipinski definition) is 20. The lowest BCUT2D eigenvalue weighted by molar-refractivity contribution is -0.163. The van der Waals surface area contributed by atoms with Gasteiger partial charge >= 0.3 is 16.9 Å². The Balaban J connectivity index is 0.000000114. The maximum absolute atomic E-state index is 12.7. The van der Waals surface area contributed by atoms with Crippen molar-refractivity contribution in [2.24, 2.45) is 0 Å². The van der Waals surface area contributed by atoms with E-state index < -0.39 is 46.4 Å². The Morgan fingerprint density at radius 3 is 1.30 bits per heavy atom. The van der Waals surface area contributed by atoms with E-state index in [1.165, 1.54) is 7.11 Å². The Bertz CT molecular complexity index is 6400. The minimum atomic E-state index is -1.09. The number of carbonyl (C=O) groups is 6. The summed E-state index contributed by atoms with van der Waals surface area (Å²) >= 11 is 3.34. The van der Waals surface area contributed by atoms with Gasteiger partial charge in [0.2, 0.25) is 5.79 Å². The van der Waals surface area contributed by atoms with Gasteiger partial charge in [0.05, 0.1) is 63.9 Å². The summed E-state index contributed by atoms with van der Waals surface area (Å²) in [5.41, 5.74) is 8.79. The third-order valence-corrected chi connectivity index (χ3v) is 20.7. The molecule has 4 N–H and O–H groups in total. The number of aromatic hydroxyl groups is 2. The van der Waals surface area contributed by atoms with Gasteiger partial charge in [-0.1, -0.05) is 155 Å². The van der Waals surface area contributed by atoms with Crippen molar-refractivity contribution in [1.82, 2.24) is 19.9 Å². The fourth-order valence-corrected chi connectivity index (χ4v) is 14.8. The van der Waals surface area contributed by atoms with Crippen LogP contribution in [0.4, 0.5) is 0 Å². The number of nitrogens with one attached hydrogen (secondary N) is 2. The molecule has 23 heteroatoms. The maximum atomic E-state index is 12.7. The van der Waals surface area contributed by atoms with Gasteiger partial charge in [-0.05, 0) is 138 Å². The molecule has 0 amide bonds. The molecule has 0 saturated carbocycles. The minimum absolute atomic E-state index is 0.0991. The van der Waals surface area contributed by atoms with E-state index in [4.69, 9.17) is 32.2 Å². The number of carbonyl (C=O) groups excluding carboxylic acids is 6. The first kappa shape index (κ1) is 76.2. The zero-order valence-corrected chi connectivity index (χ0v) is 63.3. The first-order valence-electron chi connectivity index (χ1n) is 36.2. The summed E-state index contributed by atoms with van der Waals surface area (Å²) in [6, 6.07) is 73.1. The second kappa shape index (κ2) is 32.3. The predicted molar refractivity (Wildman–Crippen MR) is 435 cm³/mol. The molecule has 14 aromatic rings. The molecule has 2 aliphatic carbocycles. The predicted octanol–water partition coefficient (Wildman–Crippen LogP) is 17.2. The van der Waals surface area contributed by atoms with Crippen LogP contribution in [-0.2, 0) is 9.47 Å². The molecule has 8 aromatic carbocycles. The van der Waals surface area contributed by atoms with Gasteiger partial charge in [-0.3, -0.25) is 28.8 Å². The van der Waals surface area contributed by atoms with Gasteiger partial charge in [-0.25, -0.2) is 24.4 Å². The van der Waals surface area contributed by atoms with Crippen molar-refractivity contribution in [3.8, 4) is 23.0 Å². The van der Waals surface area contributed by atoms with E-state index >= 15 is 0 Å². The second-order valence-electron chi connectivity index (χ2n) is 27.4. The molecule has 22 nitrogen and oxygen atoms in total. The van der Waals surface area contributed by atoms with Crippen molar-refractivity contribution in [1.29, 1.82) is 0 Å². The van der Waals surface area contributed by atoms with Gasteiger partial charge in [0, 0.05) is 82.3 Å². The van der Waals surface area contributed by atoms with E-state index in [1.807, 2.05) is 128 Å². The van der Waals surface area contributed by atoms with E-state index in [0.717, 1.165) is 43.4 Å². The fraction of sp³-hybridized carbons (Fsp3) is 0.120. The van der Waals surface area contributed by atoms with E-state index in [0.29, 0.717) is 78.7 Å². The average molecular weight is 1600 g/mol. The summed E-state index contributed by atoms with van der Waals surface area (Å²) < 4.78 is 39.1. The molecule has 2 atom stereocenters. The lowest BCUT2D eigenvalue weighted by Crippen LogP contribution is -2.41. The van der Waals surface area contributed by atoms with Crippen molar-refractivity contribution in [2.75, 3.05) is 27.9 Å². The van der Waals surface area contributed by atoms with Gasteiger partial charge in [0.1, 0.15) is 63.0 Å². The highest BCUT2D eigenvalue weighted by molar-refractivity contribution is 9.10. The van der Waals surface area contributed by atoms with Crippen LogP contribution in [0.2, 0.25) is 0 Å². The summed E-state index contributed by atoms with van der Waals surface area (Å²) in [6.45, 7) is 1.74. The summed E-state index contributed by atoms with van der Waals surface area (Å²) in [6.07, 6.45) is 4.42. The zero-order chi connectivity index (χ0) is 80.3. The quantitative estimate of drug-likeness (QED) is 0.0592. The number of methoxy groups -OCH3 is 3. The van der Waals surface area contributed by atoms with Crippen molar-refractivity contribution in [2.45, 2.75) is 42.8 Å². The molecule has 2 unspecified atom stereocenters. The number of benzene rings is 8. The molecule has 9 heterocycles. The number of ketones is 6. The molecule has 0 spiro atoms. The third-order valence-electron chi connectivity index (χ3n) is 20.2. The van der Waals surface area contributed by atoms with Crippen molar-refractivity contribution in [3.05, 3.63) is 363 Å². The Labute approximate surface area is 661 Å². The molecule has 570 valence electrons. The third kappa shape index (κ3) is 15.3. The van der Waals surface area contributed by atoms with Crippen LogP contribution in [0, 0.1) is 0 Å². The number of aromatic nitrogens is 4. The summed E-state index contributed by atoms with van der Waals surface area (Å²) in [7, 11) is 4.59. The lowest BCUT2D eigenvalue weighted by Gasteiger charge is -2.38. The van der Waals surface area contributed by atoms with Crippen LogP contribution < -0.4 is 26.4 Å². The number of fused-ring (bicyclic) bond motifs is 15. The molecule has 0 saturated heterocycles. The van der Waals surface area contributed by atoms with Crippen molar-refractivity contribution >= 4 is 118 Å². The van der Waals surface area contributed by atoms with E-state index in [2.05, 4.69) is 35.9 Å². The largest absolute Gasteiger partial charge is 0.507 e. The average Bonchev–Trinajstić information content (AvgIpc) is 1.72. The van der Waals surface area contributed by atoms with E-state index in [1.54, 1.807) is 154 Å². The van der Waals surface area contributed by atoms with Crippen LogP contribution in [0.3, 0.4) is 0 Å². The highest BCUT2D eigenvalue weighted by Crippen LogP contribution is 2.47. The Kier molecular flexibility index (Phi) is 21.4. The molecule has 5 aliphatic rings. The summed E-state index contributed by atoms with van der Waals surface area (Å²) in [5, 5.41) is 22.9. The number of aromatic amines is 2. The van der Waals surface area contributed by atoms with Gasteiger partial charge in [0.25, 0.3) is 11.6 Å². The molecular weight excluding hydrogens is 1530 g/mol. The van der Waals surface area contributed by atoms with E-state index in [9.17, 15) is 53.4 Å². The molecule has 0 fully saturated rings. The molecule has 8 bridgehead atoms. The first-order valence-corrected chi connectivity index (χ1v) is 37.0. The molecule has 6 aromatic heterocycles. The zero-order valence-electron chi connectivity index (χ0n) is 61.7. The topological polar surface area (TPSA) is 328 Å². The van der Waals surface area contributed by atoms with E-state index in [-0.39, 0.29) is 86.5 Å². The molecular formula is C92H67BrN4O18. The van der Waals surface area contributed by atoms with Gasteiger partial charge < -0.3 is 52.4 Å². The highest BCUT2D eigenvalue weighted by atomic mass is 79.9. The van der Waals surface area contributed by atoms with Crippen LogP contribution in [0.15, 0.2) is 281 Å². The monoisotopic (exact) mass is 1590 g/mol. The van der Waals surface area contributed by atoms with Gasteiger partial charge in [0.15, 0.2) is 23.1 Å². The molecule has 19 rings (SSSR count). The number of halogens is 1. The first-order chi connectivity index (χ1) is 55.7. The molecule has 3 aliphatic heterocycles. The van der Waals surface area contributed by atoms with Crippen LogP contribution in [0.1, 0.15) is 144 Å². The van der Waals surface area contributed by atoms with Gasteiger partial charge in [-0.15, -0.1) is 0 Å². The van der Waals surface area contributed by atoms with Crippen LogP contribution in [0.25, 0.3) is 67.1 Å².